The van der Waals surface area contributed by atoms with Crippen molar-refractivity contribution in [1.29, 1.82) is 0 Å². The number of carbonyl (C=O) groups is 1. The largest absolute Gasteiger partial charge is 0.497 e. The number of carbonyl (C=O) groups excluding carboxylic acids is 1. The van der Waals surface area contributed by atoms with Gasteiger partial charge in [0.1, 0.15) is 5.75 Å². The van der Waals surface area contributed by atoms with Crippen molar-refractivity contribution < 1.29 is 14.6 Å². The number of hydrogen-bond donors (Lipinski definition) is 1. The topological polar surface area (TPSA) is 49.8 Å². The molecule has 1 unspecified atom stereocenters. The third-order valence-electron chi connectivity index (χ3n) is 4.20. The first kappa shape index (κ1) is 14.9. The molecule has 1 saturated heterocycles. The van der Waals surface area contributed by atoms with E-state index in [1.165, 1.54) is 0 Å². The van der Waals surface area contributed by atoms with Gasteiger partial charge in [-0.1, -0.05) is 12.1 Å². The smallest absolute Gasteiger partial charge is 0.223 e. The molecule has 0 aromatic heterocycles. The number of likely N-dealkylation sites (tertiary alicyclic amines) is 1. The molecule has 1 aliphatic heterocycles. The van der Waals surface area contributed by atoms with E-state index in [1.54, 1.807) is 12.0 Å². The number of aryl methyl sites for hydroxylation is 1. The van der Waals surface area contributed by atoms with Gasteiger partial charge in [0.05, 0.1) is 18.8 Å². The zero-order valence-electron chi connectivity index (χ0n) is 12.4. The van der Waals surface area contributed by atoms with Crippen LogP contribution in [0.5, 0.6) is 5.75 Å². The molecule has 0 bridgehead atoms. The van der Waals surface area contributed by atoms with Crippen molar-refractivity contribution in [3.05, 3.63) is 29.8 Å². The van der Waals surface area contributed by atoms with Crippen LogP contribution in [0.2, 0.25) is 0 Å². The minimum Gasteiger partial charge on any atom is -0.497 e. The zero-order chi connectivity index (χ0) is 14.8. The summed E-state index contributed by atoms with van der Waals surface area (Å²) in [4.78, 5) is 14.1. The van der Waals surface area contributed by atoms with Crippen LogP contribution in [0, 0.1) is 0 Å². The molecule has 1 amide bonds. The summed E-state index contributed by atoms with van der Waals surface area (Å²) in [7, 11) is 1.64. The zero-order valence-corrected chi connectivity index (χ0v) is 12.4. The first-order valence-corrected chi connectivity index (χ1v) is 7.06. The molecule has 1 aromatic rings. The number of rotatable bonds is 4. The van der Waals surface area contributed by atoms with Gasteiger partial charge in [-0.3, -0.25) is 4.79 Å². The van der Waals surface area contributed by atoms with Gasteiger partial charge in [0.25, 0.3) is 0 Å². The van der Waals surface area contributed by atoms with E-state index in [-0.39, 0.29) is 5.91 Å². The van der Waals surface area contributed by atoms with E-state index in [4.69, 9.17) is 4.74 Å². The highest BCUT2D eigenvalue weighted by molar-refractivity contribution is 5.77. The first-order chi connectivity index (χ1) is 9.45. The summed E-state index contributed by atoms with van der Waals surface area (Å²) >= 11 is 0. The van der Waals surface area contributed by atoms with Crippen molar-refractivity contribution in [2.75, 3.05) is 13.7 Å². The number of aliphatic hydroxyl groups is 1. The highest BCUT2D eigenvalue weighted by Gasteiger charge is 2.42. The number of nitrogens with zero attached hydrogens (tertiary/aromatic N) is 1. The molecule has 2 rings (SSSR count). The number of ether oxygens (including phenoxy) is 1. The summed E-state index contributed by atoms with van der Waals surface area (Å²) in [6, 6.07) is 7.78. The molecule has 110 valence electrons. The molecular formula is C16H23NO3. The van der Waals surface area contributed by atoms with Gasteiger partial charge in [-0.05, 0) is 44.4 Å². The van der Waals surface area contributed by atoms with Crippen molar-refractivity contribution in [1.82, 2.24) is 4.90 Å². The van der Waals surface area contributed by atoms with Crippen LogP contribution in [0.3, 0.4) is 0 Å². The standard InChI is InChI=1S/C16H23NO3/c1-16(2)14(18)9-10-17(16)15(19)8-7-12-5-4-6-13(11-12)20-3/h4-6,11,14,18H,7-10H2,1-3H3. The maximum absolute atomic E-state index is 12.3. The fraction of sp³-hybridized carbons (Fsp3) is 0.562. The minimum absolute atomic E-state index is 0.106. The fourth-order valence-corrected chi connectivity index (χ4v) is 2.73. The van der Waals surface area contributed by atoms with Crippen molar-refractivity contribution in [3.8, 4) is 5.75 Å². The molecule has 0 radical (unpaired) electrons. The number of aliphatic hydroxyl groups excluding tert-OH is 1. The van der Waals surface area contributed by atoms with Gasteiger partial charge in [0, 0.05) is 13.0 Å². The molecule has 4 nitrogen and oxygen atoms in total. The Morgan fingerprint density at radius 1 is 1.50 bits per heavy atom. The maximum atomic E-state index is 12.3. The summed E-state index contributed by atoms with van der Waals surface area (Å²) in [6.45, 7) is 4.49. The van der Waals surface area contributed by atoms with Gasteiger partial charge >= 0.3 is 0 Å². The molecule has 1 atom stereocenters. The average molecular weight is 277 g/mol. The quantitative estimate of drug-likeness (QED) is 0.915. The van der Waals surface area contributed by atoms with Gasteiger partial charge in [0.2, 0.25) is 5.91 Å². The Hall–Kier alpha value is -1.55. The molecule has 4 heteroatoms. The third-order valence-corrected chi connectivity index (χ3v) is 4.20. The Kier molecular flexibility index (Phi) is 4.33. The lowest BCUT2D eigenvalue weighted by Crippen LogP contribution is -2.48. The van der Waals surface area contributed by atoms with Crippen molar-refractivity contribution in [3.63, 3.8) is 0 Å². The number of methoxy groups -OCH3 is 1. The maximum Gasteiger partial charge on any atom is 0.223 e. The van der Waals surface area contributed by atoms with Crippen LogP contribution < -0.4 is 4.74 Å². The lowest BCUT2D eigenvalue weighted by atomic mass is 9.98. The van der Waals surface area contributed by atoms with E-state index in [1.807, 2.05) is 38.1 Å². The second kappa shape index (κ2) is 5.83. The summed E-state index contributed by atoms with van der Waals surface area (Å²) in [5, 5.41) is 9.92. The van der Waals surface area contributed by atoms with E-state index >= 15 is 0 Å². The Labute approximate surface area is 120 Å². The van der Waals surface area contributed by atoms with Crippen LogP contribution in [-0.2, 0) is 11.2 Å². The first-order valence-electron chi connectivity index (χ1n) is 7.06. The molecule has 1 aliphatic rings. The van der Waals surface area contributed by atoms with Crippen LogP contribution >= 0.6 is 0 Å². The van der Waals surface area contributed by atoms with E-state index in [9.17, 15) is 9.90 Å². The van der Waals surface area contributed by atoms with Crippen molar-refractivity contribution in [2.24, 2.45) is 0 Å². The highest BCUT2D eigenvalue weighted by atomic mass is 16.5. The molecule has 0 aliphatic carbocycles. The van der Waals surface area contributed by atoms with E-state index in [2.05, 4.69) is 0 Å². The predicted molar refractivity (Wildman–Crippen MR) is 77.7 cm³/mol. The lowest BCUT2D eigenvalue weighted by Gasteiger charge is -2.33. The number of amides is 1. The Morgan fingerprint density at radius 2 is 2.25 bits per heavy atom. The second-order valence-electron chi connectivity index (χ2n) is 5.86. The van der Waals surface area contributed by atoms with Crippen LogP contribution in [0.15, 0.2) is 24.3 Å². The van der Waals surface area contributed by atoms with Gasteiger partial charge in [-0.15, -0.1) is 0 Å². The molecule has 1 heterocycles. The average Bonchev–Trinajstić information content (AvgIpc) is 2.71. The van der Waals surface area contributed by atoms with Crippen LogP contribution in [0.4, 0.5) is 0 Å². The fourth-order valence-electron chi connectivity index (χ4n) is 2.73. The molecule has 1 fully saturated rings. The predicted octanol–water partition coefficient (Wildman–Crippen LogP) is 2.00. The van der Waals surface area contributed by atoms with Gasteiger partial charge in [-0.25, -0.2) is 0 Å². The summed E-state index contributed by atoms with van der Waals surface area (Å²) in [5.41, 5.74) is 0.640. The van der Waals surface area contributed by atoms with E-state index in [0.29, 0.717) is 25.8 Å². The highest BCUT2D eigenvalue weighted by Crippen LogP contribution is 2.29. The number of benzene rings is 1. The molecule has 20 heavy (non-hydrogen) atoms. The van der Waals surface area contributed by atoms with E-state index in [0.717, 1.165) is 11.3 Å². The normalized spacial score (nSPS) is 21.0. The van der Waals surface area contributed by atoms with Crippen molar-refractivity contribution >= 4 is 5.91 Å². The lowest BCUT2D eigenvalue weighted by molar-refractivity contribution is -0.136. The molecule has 1 N–H and O–H groups in total. The molecular weight excluding hydrogens is 254 g/mol. The van der Waals surface area contributed by atoms with Gasteiger partial charge < -0.3 is 14.7 Å². The van der Waals surface area contributed by atoms with Crippen molar-refractivity contribution in [2.45, 2.75) is 44.8 Å². The molecule has 1 aromatic carbocycles. The van der Waals surface area contributed by atoms with Gasteiger partial charge in [-0.2, -0.15) is 0 Å². The SMILES string of the molecule is COc1cccc(CCC(=O)N2CCC(O)C2(C)C)c1. The Balaban J connectivity index is 1.95. The van der Waals surface area contributed by atoms with Crippen LogP contribution in [-0.4, -0.2) is 41.2 Å². The summed E-state index contributed by atoms with van der Waals surface area (Å²) in [5.74, 6) is 0.918. The van der Waals surface area contributed by atoms with Crippen LogP contribution in [0.25, 0.3) is 0 Å². The monoisotopic (exact) mass is 277 g/mol. The second-order valence-corrected chi connectivity index (χ2v) is 5.86. The molecule has 0 spiro atoms. The minimum atomic E-state index is -0.453. The molecule has 0 saturated carbocycles. The van der Waals surface area contributed by atoms with Crippen LogP contribution in [0.1, 0.15) is 32.3 Å². The summed E-state index contributed by atoms with van der Waals surface area (Å²) in [6.07, 6.45) is 1.39. The van der Waals surface area contributed by atoms with E-state index < -0.39 is 11.6 Å². The van der Waals surface area contributed by atoms with Gasteiger partial charge in [0.15, 0.2) is 0 Å². The summed E-state index contributed by atoms with van der Waals surface area (Å²) < 4.78 is 5.18. The Morgan fingerprint density at radius 3 is 2.85 bits per heavy atom. The Bertz CT molecular complexity index is 484. The number of hydrogen-bond acceptors (Lipinski definition) is 3. The third kappa shape index (κ3) is 2.96.